The van der Waals surface area contributed by atoms with Gasteiger partial charge in [0.15, 0.2) is 0 Å². The minimum absolute atomic E-state index is 0.0608. The molecule has 0 fully saturated rings. The number of carbonyl (C=O) groups is 1. The molecule has 0 aliphatic rings. The standard InChI is InChI=1S/C20H18F2N5O3S/c1-30-31(29)27-16-4-2-15(3-5-16)26-19-9-18(17(11-25-19)20(23)28)24-10-12-6-13(21)8-14(22)7-12/h2-9,11H,10H2,1H3,(H2,23,28)(H2,24,25,26)/q-1. The van der Waals surface area contributed by atoms with Crippen molar-refractivity contribution in [2.24, 2.45) is 10.1 Å². The van der Waals surface area contributed by atoms with E-state index in [-0.39, 0.29) is 12.1 Å². The normalized spacial score (nSPS) is 11.8. The first kappa shape index (κ1) is 22.1. The maximum absolute atomic E-state index is 13.4. The molecule has 3 aromatic rings. The number of benzene rings is 2. The van der Waals surface area contributed by atoms with Gasteiger partial charge in [0.1, 0.15) is 17.5 Å². The van der Waals surface area contributed by atoms with Crippen LogP contribution < -0.4 is 16.4 Å². The van der Waals surface area contributed by atoms with Crippen molar-refractivity contribution in [3.8, 4) is 0 Å². The molecule has 0 atom stereocenters. The summed E-state index contributed by atoms with van der Waals surface area (Å²) in [6.07, 6.45) is 1.30. The number of carbonyl (C=O) groups excluding carboxylic acids is 1. The number of halogens is 2. The molecule has 3 rings (SSSR count). The Balaban J connectivity index is 1.79. The molecule has 0 saturated carbocycles. The summed E-state index contributed by atoms with van der Waals surface area (Å²) in [4.78, 5) is 15.9. The Morgan fingerprint density at radius 2 is 1.84 bits per heavy atom. The maximum atomic E-state index is 13.4. The molecule has 0 unspecified atom stereocenters. The van der Waals surface area contributed by atoms with Crippen molar-refractivity contribution in [2.75, 3.05) is 17.7 Å². The average Bonchev–Trinajstić information content (AvgIpc) is 2.73. The second-order valence-corrected chi connectivity index (χ2v) is 7.21. The Morgan fingerprint density at radius 3 is 2.45 bits per heavy atom. The zero-order valence-corrected chi connectivity index (χ0v) is 17.1. The third-order valence-corrected chi connectivity index (χ3v) is 4.68. The summed E-state index contributed by atoms with van der Waals surface area (Å²) in [6.45, 7) is 0.0608. The molecule has 31 heavy (non-hydrogen) atoms. The highest BCUT2D eigenvalue weighted by molar-refractivity contribution is 7.69. The number of aromatic nitrogens is 1. The lowest BCUT2D eigenvalue weighted by molar-refractivity contribution is 0.100. The molecule has 0 spiro atoms. The highest BCUT2D eigenvalue weighted by atomic mass is 32.2. The van der Waals surface area contributed by atoms with Gasteiger partial charge >= 0.3 is 0 Å². The number of hydrogen-bond donors (Lipinski definition) is 3. The zero-order valence-electron chi connectivity index (χ0n) is 16.3. The van der Waals surface area contributed by atoms with E-state index in [4.69, 9.17) is 5.73 Å². The Labute approximate surface area is 178 Å². The van der Waals surface area contributed by atoms with Crippen molar-refractivity contribution in [3.05, 3.63) is 77.5 Å². The Morgan fingerprint density at radius 1 is 1.16 bits per heavy atom. The van der Waals surface area contributed by atoms with E-state index in [1.54, 1.807) is 30.3 Å². The van der Waals surface area contributed by atoms with Gasteiger partial charge in [-0.3, -0.25) is 4.79 Å². The zero-order chi connectivity index (χ0) is 22.4. The van der Waals surface area contributed by atoms with Gasteiger partial charge in [-0.05, 0) is 42.0 Å². The molecule has 11 heteroatoms. The number of pyridine rings is 1. The number of nitrogens with zero attached hydrogens (tertiary/aromatic N) is 2. The predicted molar refractivity (Wildman–Crippen MR) is 113 cm³/mol. The van der Waals surface area contributed by atoms with Crippen LogP contribution in [0.3, 0.4) is 0 Å². The number of nitrogens with two attached hydrogens (primary N) is 1. The van der Waals surface area contributed by atoms with Crippen molar-refractivity contribution < 1.29 is 22.0 Å². The van der Waals surface area contributed by atoms with Crippen LogP contribution >= 0.6 is 0 Å². The van der Waals surface area contributed by atoms with Crippen molar-refractivity contribution in [1.29, 1.82) is 0 Å². The first-order chi connectivity index (χ1) is 14.8. The highest BCUT2D eigenvalue weighted by Gasteiger charge is 2.11. The van der Waals surface area contributed by atoms with E-state index >= 15 is 0 Å². The second kappa shape index (κ2) is 9.96. The third-order valence-electron chi connectivity index (χ3n) is 4.04. The molecule has 0 radical (unpaired) electrons. The van der Waals surface area contributed by atoms with E-state index in [0.29, 0.717) is 28.4 Å². The van der Waals surface area contributed by atoms with Crippen LogP contribution in [0.1, 0.15) is 15.9 Å². The number of primary amides is 1. The average molecular weight is 446 g/mol. The van der Waals surface area contributed by atoms with Crippen molar-refractivity contribution in [2.45, 2.75) is 6.54 Å². The quantitative estimate of drug-likeness (QED) is 0.447. The summed E-state index contributed by atoms with van der Waals surface area (Å²) in [7, 11) is -0.476. The van der Waals surface area contributed by atoms with Crippen LogP contribution in [0, 0.1) is 11.6 Å². The van der Waals surface area contributed by atoms with Gasteiger partial charge in [-0.25, -0.2) is 13.8 Å². The topological polar surface area (TPSA) is 119 Å². The van der Waals surface area contributed by atoms with E-state index in [1.807, 2.05) is 0 Å². The summed E-state index contributed by atoms with van der Waals surface area (Å²) in [5.41, 5.74) is 7.34. The summed E-state index contributed by atoms with van der Waals surface area (Å²) in [6, 6.07) is 11.3. The van der Waals surface area contributed by atoms with E-state index < -0.39 is 28.4 Å². The molecule has 4 N–H and O–H groups in total. The highest BCUT2D eigenvalue weighted by Crippen LogP contribution is 2.24. The molecule has 1 amide bonds. The van der Waals surface area contributed by atoms with Crippen LogP contribution in [0.2, 0.25) is 0 Å². The van der Waals surface area contributed by atoms with Gasteiger partial charge in [-0.15, -0.1) is 0 Å². The number of anilines is 3. The summed E-state index contributed by atoms with van der Waals surface area (Å²) in [5, 5.41) is 6.00. The van der Waals surface area contributed by atoms with Gasteiger partial charge in [-0.2, -0.15) is 0 Å². The minimum Gasteiger partial charge on any atom is -0.441 e. The van der Waals surface area contributed by atoms with Gasteiger partial charge in [0, 0.05) is 43.4 Å². The fourth-order valence-corrected chi connectivity index (χ4v) is 3.02. The summed E-state index contributed by atoms with van der Waals surface area (Å²) < 4.78 is 46.5. The maximum Gasteiger partial charge on any atom is 0.252 e. The Hall–Kier alpha value is -3.57. The largest absolute Gasteiger partial charge is 0.441 e. The van der Waals surface area contributed by atoms with E-state index in [0.717, 1.165) is 6.07 Å². The van der Waals surface area contributed by atoms with Crippen molar-refractivity contribution in [1.82, 2.24) is 4.98 Å². The van der Waals surface area contributed by atoms with Crippen LogP contribution in [0.4, 0.5) is 31.7 Å². The van der Waals surface area contributed by atoms with Crippen LogP contribution in [0.25, 0.3) is 0 Å². The molecular formula is C20H18F2N5O3S-. The van der Waals surface area contributed by atoms with Gasteiger partial charge in [0.2, 0.25) is 0 Å². The molecule has 0 bridgehead atoms. The second-order valence-electron chi connectivity index (χ2n) is 6.26. The lowest BCUT2D eigenvalue weighted by atomic mass is 10.1. The lowest BCUT2D eigenvalue weighted by Gasteiger charge is -2.13. The molecule has 1 heterocycles. The minimum atomic E-state index is -1.76. The molecule has 8 nitrogen and oxygen atoms in total. The molecular weight excluding hydrogens is 428 g/mol. The van der Waals surface area contributed by atoms with Crippen LogP contribution in [-0.4, -0.2) is 18.0 Å². The number of hydrogen-bond acceptors (Lipinski definition) is 8. The van der Waals surface area contributed by atoms with Crippen LogP contribution in [-0.2, 0) is 25.8 Å². The van der Waals surface area contributed by atoms with Crippen molar-refractivity contribution in [3.63, 3.8) is 0 Å². The predicted octanol–water partition coefficient (Wildman–Crippen LogP) is 4.15. The van der Waals surface area contributed by atoms with Crippen LogP contribution in [0.5, 0.6) is 0 Å². The summed E-state index contributed by atoms with van der Waals surface area (Å²) >= 11 is 0. The fourth-order valence-electron chi connectivity index (χ4n) is 2.65. The molecule has 162 valence electrons. The lowest BCUT2D eigenvalue weighted by Crippen LogP contribution is -2.15. The molecule has 2 aromatic carbocycles. The Bertz CT molecular complexity index is 1160. The smallest absolute Gasteiger partial charge is 0.252 e. The third kappa shape index (κ3) is 6.20. The monoisotopic (exact) mass is 446 g/mol. The van der Waals surface area contributed by atoms with Crippen molar-refractivity contribution >= 4 is 39.7 Å². The fraction of sp³-hybridized carbons (Fsp3) is 0.100. The number of nitrogens with one attached hydrogen (secondary N) is 2. The van der Waals surface area contributed by atoms with E-state index in [9.17, 15) is 17.8 Å². The van der Waals surface area contributed by atoms with E-state index in [1.165, 1.54) is 25.4 Å². The molecule has 0 aliphatic carbocycles. The SMILES string of the molecule is CO[S-](=O)=Nc1ccc(Nc2cc(NCc3cc(F)cc(F)c3)c(C(N)=O)cn2)cc1. The molecule has 1 aromatic heterocycles. The molecule has 0 saturated heterocycles. The summed E-state index contributed by atoms with van der Waals surface area (Å²) in [5.74, 6) is -1.71. The number of amides is 1. The van der Waals surface area contributed by atoms with Gasteiger partial charge in [-0.1, -0.05) is 10.9 Å². The first-order valence-corrected chi connectivity index (χ1v) is 9.91. The van der Waals surface area contributed by atoms with Gasteiger partial charge < -0.3 is 29.1 Å². The number of rotatable bonds is 8. The Kier molecular flexibility index (Phi) is 7.11. The first-order valence-electron chi connectivity index (χ1n) is 8.88. The molecule has 0 aliphatic heterocycles. The van der Waals surface area contributed by atoms with Gasteiger partial charge in [0.05, 0.1) is 11.3 Å². The van der Waals surface area contributed by atoms with Gasteiger partial charge in [0.25, 0.3) is 5.91 Å². The van der Waals surface area contributed by atoms with Crippen LogP contribution in [0.15, 0.2) is 59.1 Å². The van der Waals surface area contributed by atoms with E-state index in [2.05, 4.69) is 24.2 Å².